The third-order valence-electron chi connectivity index (χ3n) is 6.26. The lowest BCUT2D eigenvalue weighted by Crippen LogP contribution is -2.10. The molecule has 0 spiro atoms. The van der Waals surface area contributed by atoms with E-state index in [1.54, 1.807) is 36.7 Å². The van der Waals surface area contributed by atoms with E-state index in [0.717, 1.165) is 44.2 Å². The van der Waals surface area contributed by atoms with Crippen molar-refractivity contribution >= 4 is 55.0 Å². The number of hydrogen-bond acceptors (Lipinski definition) is 6. The number of benzene rings is 2. The van der Waals surface area contributed by atoms with Crippen LogP contribution in [0.4, 0.5) is 11.4 Å². The predicted molar refractivity (Wildman–Crippen MR) is 128 cm³/mol. The van der Waals surface area contributed by atoms with Gasteiger partial charge in [-0.15, -0.1) is 0 Å². The highest BCUT2D eigenvalue weighted by Crippen LogP contribution is 2.38. The summed E-state index contributed by atoms with van der Waals surface area (Å²) in [5, 5.41) is 26.0. The Morgan fingerprint density at radius 3 is 1.44 bits per heavy atom. The van der Waals surface area contributed by atoms with Crippen molar-refractivity contribution < 1.29 is 9.85 Å². The molecule has 34 heavy (non-hydrogen) atoms. The molecule has 0 atom stereocenters. The number of hydrogen-bond donors (Lipinski definition) is 0. The van der Waals surface area contributed by atoms with Crippen molar-refractivity contribution in [3.63, 3.8) is 0 Å². The number of pyridine rings is 2. The smallest absolute Gasteiger partial charge is 0.259 e. The number of rotatable bonds is 3. The molecular weight excluding hydrogens is 436 g/mol. The molecular formula is C24H16N6O4. The topological polar surface area (TPSA) is 122 Å². The first-order valence-corrected chi connectivity index (χ1v) is 10.5. The Labute approximate surface area is 190 Å². The van der Waals surface area contributed by atoms with Crippen LogP contribution in [0.5, 0.6) is 0 Å². The fourth-order valence-electron chi connectivity index (χ4n) is 4.82. The van der Waals surface area contributed by atoms with Crippen LogP contribution in [0.3, 0.4) is 0 Å². The van der Waals surface area contributed by atoms with Crippen LogP contribution in [0.2, 0.25) is 0 Å². The lowest BCUT2D eigenvalue weighted by molar-refractivity contribution is -0.384. The van der Waals surface area contributed by atoms with E-state index in [0.29, 0.717) is 10.8 Å². The van der Waals surface area contributed by atoms with E-state index in [4.69, 9.17) is 0 Å². The maximum atomic E-state index is 11.5. The molecule has 0 radical (unpaired) electrons. The third-order valence-corrected chi connectivity index (χ3v) is 6.26. The lowest BCUT2D eigenvalue weighted by Gasteiger charge is -2.14. The van der Waals surface area contributed by atoms with Crippen molar-refractivity contribution in [3.8, 4) is 0 Å². The molecule has 0 aliphatic rings. The summed E-state index contributed by atoms with van der Waals surface area (Å²) < 4.78 is 3.95. The highest BCUT2D eigenvalue weighted by molar-refractivity contribution is 6.13. The zero-order valence-corrected chi connectivity index (χ0v) is 18.1. The van der Waals surface area contributed by atoms with Crippen molar-refractivity contribution in [2.24, 2.45) is 0 Å². The molecule has 0 bridgehead atoms. The van der Waals surface area contributed by atoms with Gasteiger partial charge in [-0.1, -0.05) is 0 Å². The standard InChI is InChI=1S/C24H16N6O4/c1-13-23-17(7-9-25-13)19-11-15(29(31)32)3-5-21(19)27(23)28-22-6-4-16(30(33)34)12-20(22)18-8-10-26-14(2)24(18)28/h3-12H,1-2H3. The first-order valence-electron chi connectivity index (χ1n) is 10.5. The van der Waals surface area contributed by atoms with Gasteiger partial charge in [-0.05, 0) is 38.1 Å². The molecule has 0 N–H and O–H groups in total. The van der Waals surface area contributed by atoms with Crippen LogP contribution in [-0.4, -0.2) is 29.2 Å². The summed E-state index contributed by atoms with van der Waals surface area (Å²) in [4.78, 5) is 31.1. The first kappa shape index (κ1) is 19.8. The molecule has 0 fully saturated rings. The largest absolute Gasteiger partial charge is 0.270 e. The minimum absolute atomic E-state index is 0.00305. The second kappa shape index (κ2) is 6.82. The van der Waals surface area contributed by atoms with Crippen molar-refractivity contribution in [2.45, 2.75) is 13.8 Å². The molecule has 6 rings (SSSR count). The zero-order chi connectivity index (χ0) is 23.7. The fourth-order valence-corrected chi connectivity index (χ4v) is 4.82. The van der Waals surface area contributed by atoms with Crippen molar-refractivity contribution in [1.29, 1.82) is 0 Å². The van der Waals surface area contributed by atoms with E-state index in [9.17, 15) is 20.2 Å². The van der Waals surface area contributed by atoms with E-state index in [-0.39, 0.29) is 11.4 Å². The normalized spacial score (nSPS) is 11.7. The Bertz CT molecular complexity index is 1710. The summed E-state index contributed by atoms with van der Waals surface area (Å²) in [5.74, 6) is 0. The molecule has 4 aromatic heterocycles. The van der Waals surface area contributed by atoms with Gasteiger partial charge in [0.25, 0.3) is 11.4 Å². The van der Waals surface area contributed by atoms with E-state index < -0.39 is 9.85 Å². The molecule has 10 nitrogen and oxygen atoms in total. The molecule has 10 heteroatoms. The van der Waals surface area contributed by atoms with Crippen molar-refractivity contribution in [3.05, 3.63) is 92.5 Å². The summed E-state index contributed by atoms with van der Waals surface area (Å²) in [6, 6.07) is 13.2. The maximum absolute atomic E-state index is 11.5. The summed E-state index contributed by atoms with van der Waals surface area (Å²) in [6.45, 7) is 3.77. The average molecular weight is 452 g/mol. The predicted octanol–water partition coefficient (Wildman–Crippen LogP) is 5.44. The van der Waals surface area contributed by atoms with Gasteiger partial charge in [-0.25, -0.2) is 9.35 Å². The zero-order valence-electron chi connectivity index (χ0n) is 18.1. The molecule has 0 aliphatic carbocycles. The Hall–Kier alpha value is -4.86. The van der Waals surface area contributed by atoms with Crippen LogP contribution in [0.1, 0.15) is 11.4 Å². The quantitative estimate of drug-likeness (QED) is 0.260. The molecule has 4 heterocycles. The minimum atomic E-state index is -0.412. The average Bonchev–Trinajstić information content (AvgIpc) is 3.32. The monoisotopic (exact) mass is 452 g/mol. The second-order valence-electron chi connectivity index (χ2n) is 8.13. The van der Waals surface area contributed by atoms with Gasteiger partial charge in [-0.2, -0.15) is 0 Å². The van der Waals surface area contributed by atoms with Crippen LogP contribution in [-0.2, 0) is 0 Å². The summed E-state index contributed by atoms with van der Waals surface area (Å²) in [5.41, 5.74) is 4.56. The van der Waals surface area contributed by atoms with Gasteiger partial charge in [0.1, 0.15) is 0 Å². The van der Waals surface area contributed by atoms with E-state index in [2.05, 4.69) is 9.97 Å². The van der Waals surface area contributed by atoms with Gasteiger partial charge in [0.15, 0.2) is 0 Å². The van der Waals surface area contributed by atoms with Gasteiger partial charge in [0.05, 0.1) is 43.3 Å². The number of nitro benzene ring substituents is 2. The van der Waals surface area contributed by atoms with E-state index in [1.165, 1.54) is 12.1 Å². The number of nitrogens with zero attached hydrogens (tertiary/aromatic N) is 6. The summed E-state index contributed by atoms with van der Waals surface area (Å²) >= 11 is 0. The number of nitro groups is 2. The molecule has 2 aromatic carbocycles. The summed E-state index contributed by atoms with van der Waals surface area (Å²) in [7, 11) is 0. The van der Waals surface area contributed by atoms with Gasteiger partial charge in [-0.3, -0.25) is 30.2 Å². The Kier molecular flexibility index (Phi) is 3.97. The second-order valence-corrected chi connectivity index (χ2v) is 8.13. The van der Waals surface area contributed by atoms with Gasteiger partial charge >= 0.3 is 0 Å². The van der Waals surface area contributed by atoms with Crippen LogP contribution < -0.4 is 0 Å². The molecule has 6 aromatic rings. The van der Waals surface area contributed by atoms with E-state index in [1.807, 2.05) is 35.3 Å². The molecule has 0 aliphatic heterocycles. The van der Waals surface area contributed by atoms with Gasteiger partial charge in [0.2, 0.25) is 0 Å². The third kappa shape index (κ3) is 2.56. The van der Waals surface area contributed by atoms with Crippen LogP contribution >= 0.6 is 0 Å². The highest BCUT2D eigenvalue weighted by Gasteiger charge is 2.23. The SMILES string of the molecule is Cc1nccc2c3cc([N+](=O)[O-])ccc3n(-n3c4ccc([N+](=O)[O-])cc4c4ccnc(C)c43)c12. The van der Waals surface area contributed by atoms with Crippen LogP contribution in [0, 0.1) is 34.1 Å². The van der Waals surface area contributed by atoms with Crippen LogP contribution in [0.25, 0.3) is 43.6 Å². The van der Waals surface area contributed by atoms with E-state index >= 15 is 0 Å². The molecule has 0 saturated heterocycles. The number of aryl methyl sites for hydroxylation is 2. The Balaban J connectivity index is 1.88. The lowest BCUT2D eigenvalue weighted by atomic mass is 10.1. The first-order chi connectivity index (χ1) is 16.4. The number of non-ortho nitro benzene ring substituents is 2. The fraction of sp³-hybridized carbons (Fsp3) is 0.0833. The van der Waals surface area contributed by atoms with Gasteiger partial charge in [0, 0.05) is 58.2 Å². The van der Waals surface area contributed by atoms with Gasteiger partial charge < -0.3 is 0 Å². The number of fused-ring (bicyclic) bond motifs is 6. The van der Waals surface area contributed by atoms with Crippen molar-refractivity contribution in [2.75, 3.05) is 0 Å². The molecule has 0 amide bonds. The molecule has 166 valence electrons. The minimum Gasteiger partial charge on any atom is -0.259 e. The maximum Gasteiger partial charge on any atom is 0.270 e. The molecule has 0 saturated carbocycles. The Morgan fingerprint density at radius 1 is 0.647 bits per heavy atom. The molecule has 0 unspecified atom stereocenters. The summed E-state index contributed by atoms with van der Waals surface area (Å²) in [6.07, 6.45) is 3.37. The van der Waals surface area contributed by atoms with Crippen molar-refractivity contribution in [1.82, 2.24) is 19.3 Å². The van der Waals surface area contributed by atoms with Crippen LogP contribution in [0.15, 0.2) is 60.9 Å². The highest BCUT2D eigenvalue weighted by atomic mass is 16.6. The Morgan fingerprint density at radius 2 is 1.06 bits per heavy atom. The number of aromatic nitrogens is 4.